The minimum atomic E-state index is 0.480. The van der Waals surface area contributed by atoms with E-state index in [-0.39, 0.29) is 0 Å². The molecule has 2 atom stereocenters. The molecule has 0 fully saturated rings. The number of hydrogen-bond acceptors (Lipinski definition) is 3. The van der Waals surface area contributed by atoms with Crippen molar-refractivity contribution in [1.29, 1.82) is 0 Å². The minimum Gasteiger partial charge on any atom is -0.383 e. The number of methoxy groups -OCH3 is 1. The van der Waals surface area contributed by atoms with Gasteiger partial charge in [-0.3, -0.25) is 0 Å². The minimum absolute atomic E-state index is 0.480. The van der Waals surface area contributed by atoms with Gasteiger partial charge in [0.05, 0.1) is 6.61 Å². The lowest BCUT2D eigenvalue weighted by Crippen LogP contribution is -2.46. The van der Waals surface area contributed by atoms with E-state index in [9.17, 15) is 0 Å². The highest BCUT2D eigenvalue weighted by Crippen LogP contribution is 2.07. The Hall–Kier alpha value is -0.120. The van der Waals surface area contributed by atoms with Gasteiger partial charge in [0.15, 0.2) is 0 Å². The molecule has 0 amide bonds. The monoisotopic (exact) mass is 230 g/mol. The van der Waals surface area contributed by atoms with Gasteiger partial charge in [0, 0.05) is 25.7 Å². The highest BCUT2D eigenvalue weighted by Gasteiger charge is 2.16. The van der Waals surface area contributed by atoms with Crippen LogP contribution in [0.2, 0.25) is 0 Å². The third-order valence-electron chi connectivity index (χ3n) is 2.67. The Balaban J connectivity index is 4.15. The van der Waals surface area contributed by atoms with Crippen LogP contribution in [0, 0.1) is 5.92 Å². The molecule has 98 valence electrons. The van der Waals surface area contributed by atoms with Crippen LogP contribution in [-0.4, -0.2) is 51.3 Å². The molecule has 16 heavy (non-hydrogen) atoms. The van der Waals surface area contributed by atoms with Crippen LogP contribution in [0.3, 0.4) is 0 Å². The molecule has 0 rings (SSSR count). The summed E-state index contributed by atoms with van der Waals surface area (Å²) in [6.07, 6.45) is 2.34. The van der Waals surface area contributed by atoms with Gasteiger partial charge >= 0.3 is 0 Å². The number of nitrogens with zero attached hydrogens (tertiary/aromatic N) is 1. The Bertz CT molecular complexity index is 150. The van der Waals surface area contributed by atoms with Crippen LogP contribution in [0.15, 0.2) is 0 Å². The van der Waals surface area contributed by atoms with Crippen molar-refractivity contribution < 1.29 is 4.74 Å². The molecule has 0 saturated heterocycles. The highest BCUT2D eigenvalue weighted by atomic mass is 16.5. The maximum absolute atomic E-state index is 5.23. The van der Waals surface area contributed by atoms with Gasteiger partial charge in [0.25, 0.3) is 0 Å². The van der Waals surface area contributed by atoms with Crippen molar-refractivity contribution in [3.8, 4) is 0 Å². The maximum Gasteiger partial charge on any atom is 0.0615 e. The summed E-state index contributed by atoms with van der Waals surface area (Å²) < 4.78 is 5.23. The number of likely N-dealkylation sites (N-methyl/N-ethyl adjacent to an activating group) is 1. The second-order valence-corrected chi connectivity index (χ2v) is 5.32. The summed E-state index contributed by atoms with van der Waals surface area (Å²) in [4.78, 5) is 2.25. The SMILES string of the molecule is CCC(COC)NC(CC(C)C)CN(C)C. The molecule has 0 radical (unpaired) electrons. The van der Waals surface area contributed by atoms with Crippen molar-refractivity contribution in [2.24, 2.45) is 5.92 Å². The van der Waals surface area contributed by atoms with Crippen molar-refractivity contribution in [3.05, 3.63) is 0 Å². The van der Waals surface area contributed by atoms with Crippen LogP contribution in [0.1, 0.15) is 33.6 Å². The zero-order valence-corrected chi connectivity index (χ0v) is 11.9. The molecule has 0 aromatic rings. The first-order chi connectivity index (χ1) is 7.49. The van der Waals surface area contributed by atoms with Gasteiger partial charge in [0.1, 0.15) is 0 Å². The van der Waals surface area contributed by atoms with Gasteiger partial charge in [-0.05, 0) is 32.9 Å². The quantitative estimate of drug-likeness (QED) is 0.655. The topological polar surface area (TPSA) is 24.5 Å². The predicted molar refractivity (Wildman–Crippen MR) is 70.9 cm³/mol. The van der Waals surface area contributed by atoms with Gasteiger partial charge < -0.3 is 15.0 Å². The molecule has 0 aliphatic rings. The van der Waals surface area contributed by atoms with E-state index in [1.807, 2.05) is 0 Å². The fraction of sp³-hybridized carbons (Fsp3) is 1.00. The summed E-state index contributed by atoms with van der Waals surface area (Å²) >= 11 is 0. The first kappa shape index (κ1) is 15.9. The molecule has 3 heteroatoms. The number of rotatable bonds is 9. The van der Waals surface area contributed by atoms with Crippen molar-refractivity contribution in [3.63, 3.8) is 0 Å². The summed E-state index contributed by atoms with van der Waals surface area (Å²) in [6.45, 7) is 8.67. The van der Waals surface area contributed by atoms with E-state index in [1.165, 1.54) is 6.42 Å². The van der Waals surface area contributed by atoms with Crippen molar-refractivity contribution in [2.75, 3.05) is 34.4 Å². The Kier molecular flexibility index (Phi) is 8.90. The van der Waals surface area contributed by atoms with E-state index in [0.717, 1.165) is 25.5 Å². The molecule has 0 saturated carbocycles. The summed E-state index contributed by atoms with van der Waals surface area (Å²) in [5.41, 5.74) is 0. The molecule has 0 spiro atoms. The van der Waals surface area contributed by atoms with Crippen LogP contribution >= 0.6 is 0 Å². The van der Waals surface area contributed by atoms with Gasteiger partial charge in [-0.15, -0.1) is 0 Å². The number of ether oxygens (including phenoxy) is 1. The Labute approximate surface area is 102 Å². The first-order valence-electron chi connectivity index (χ1n) is 6.39. The third kappa shape index (κ3) is 8.08. The third-order valence-corrected chi connectivity index (χ3v) is 2.67. The Morgan fingerprint density at radius 2 is 1.81 bits per heavy atom. The van der Waals surface area contributed by atoms with Gasteiger partial charge in [-0.1, -0.05) is 20.8 Å². The van der Waals surface area contributed by atoms with Gasteiger partial charge in [-0.25, -0.2) is 0 Å². The lowest BCUT2D eigenvalue weighted by atomic mass is 10.0. The molecule has 0 heterocycles. The molecule has 2 unspecified atom stereocenters. The van der Waals surface area contributed by atoms with Crippen LogP contribution in [0.5, 0.6) is 0 Å². The van der Waals surface area contributed by atoms with E-state index in [1.54, 1.807) is 7.11 Å². The number of nitrogens with one attached hydrogen (secondary N) is 1. The highest BCUT2D eigenvalue weighted by molar-refractivity contribution is 4.76. The second-order valence-electron chi connectivity index (χ2n) is 5.32. The largest absolute Gasteiger partial charge is 0.383 e. The summed E-state index contributed by atoms with van der Waals surface area (Å²) in [5.74, 6) is 0.734. The van der Waals surface area contributed by atoms with E-state index in [4.69, 9.17) is 4.74 Å². The van der Waals surface area contributed by atoms with E-state index < -0.39 is 0 Å². The fourth-order valence-electron chi connectivity index (χ4n) is 2.02. The summed E-state index contributed by atoms with van der Waals surface area (Å²) in [5, 5.41) is 3.70. The van der Waals surface area contributed by atoms with Gasteiger partial charge in [0.2, 0.25) is 0 Å². The molecule has 3 nitrogen and oxygen atoms in total. The van der Waals surface area contributed by atoms with Crippen LogP contribution < -0.4 is 5.32 Å². The zero-order valence-electron chi connectivity index (χ0n) is 11.9. The second kappa shape index (κ2) is 8.97. The van der Waals surface area contributed by atoms with E-state index in [2.05, 4.69) is 45.1 Å². The van der Waals surface area contributed by atoms with E-state index in [0.29, 0.717) is 12.1 Å². The van der Waals surface area contributed by atoms with Crippen LogP contribution in [-0.2, 0) is 4.74 Å². The molecular weight excluding hydrogens is 200 g/mol. The summed E-state index contributed by atoms with van der Waals surface area (Å²) in [6, 6.07) is 1.05. The van der Waals surface area contributed by atoms with E-state index >= 15 is 0 Å². The van der Waals surface area contributed by atoms with Crippen molar-refractivity contribution in [1.82, 2.24) is 10.2 Å². The zero-order chi connectivity index (χ0) is 12.6. The first-order valence-corrected chi connectivity index (χ1v) is 6.39. The number of hydrogen-bond donors (Lipinski definition) is 1. The molecule has 0 aliphatic carbocycles. The maximum atomic E-state index is 5.23. The normalized spacial score (nSPS) is 15.8. The molecular formula is C13H30N2O. The van der Waals surface area contributed by atoms with Crippen molar-refractivity contribution >= 4 is 0 Å². The van der Waals surface area contributed by atoms with Gasteiger partial charge in [-0.2, -0.15) is 0 Å². The van der Waals surface area contributed by atoms with Crippen LogP contribution in [0.25, 0.3) is 0 Å². The fourth-order valence-corrected chi connectivity index (χ4v) is 2.02. The average Bonchev–Trinajstić information content (AvgIpc) is 2.14. The van der Waals surface area contributed by atoms with Crippen LogP contribution in [0.4, 0.5) is 0 Å². The molecule has 0 aromatic carbocycles. The standard InChI is InChI=1S/C13H30N2O/c1-7-12(10-16-6)14-13(8-11(2)3)9-15(4)5/h11-14H,7-10H2,1-6H3. The smallest absolute Gasteiger partial charge is 0.0615 e. The lowest BCUT2D eigenvalue weighted by Gasteiger charge is -2.28. The average molecular weight is 230 g/mol. The molecule has 0 aliphatic heterocycles. The Morgan fingerprint density at radius 1 is 1.19 bits per heavy atom. The molecule has 0 bridgehead atoms. The van der Waals surface area contributed by atoms with Crippen molar-refractivity contribution in [2.45, 2.75) is 45.7 Å². The summed E-state index contributed by atoms with van der Waals surface area (Å²) in [7, 11) is 6.03. The Morgan fingerprint density at radius 3 is 2.19 bits per heavy atom. The molecule has 0 aromatic heterocycles. The molecule has 1 N–H and O–H groups in total. The lowest BCUT2D eigenvalue weighted by molar-refractivity contribution is 0.151. The predicted octanol–water partition coefficient (Wildman–Crippen LogP) is 1.98.